The van der Waals surface area contributed by atoms with Crippen molar-refractivity contribution in [2.24, 2.45) is 0 Å². The number of urea groups is 1. The Kier molecular flexibility index (Phi) is 5.58. The molecule has 1 unspecified atom stereocenters. The number of rotatable bonds is 3. The fourth-order valence-corrected chi connectivity index (χ4v) is 2.99. The predicted molar refractivity (Wildman–Crippen MR) is 95.1 cm³/mol. The molecule has 0 aromatic heterocycles. The number of alkyl halides is 6. The second-order valence-corrected chi connectivity index (χ2v) is 6.86. The van der Waals surface area contributed by atoms with Crippen molar-refractivity contribution in [2.75, 3.05) is 4.90 Å². The van der Waals surface area contributed by atoms with Gasteiger partial charge in [0, 0.05) is 5.56 Å². The number of hydrogen-bond donors (Lipinski definition) is 2. The average Bonchev–Trinajstić information content (AvgIpc) is 2.94. The Balaban J connectivity index is 2.01. The number of benzene rings is 2. The first kappa shape index (κ1) is 23.3. The number of nitrogens with one attached hydrogen (secondary N) is 2. The summed E-state index contributed by atoms with van der Waals surface area (Å²) in [6.45, 7) is 0. The molecule has 2 aromatic carbocycles. The van der Waals surface area contributed by atoms with E-state index in [9.17, 15) is 45.1 Å². The van der Waals surface area contributed by atoms with E-state index in [2.05, 4.69) is 0 Å². The molecule has 1 fully saturated rings. The molecule has 2 N–H and O–H groups in total. The van der Waals surface area contributed by atoms with Gasteiger partial charge >= 0.3 is 18.4 Å². The number of amides is 4. The third-order valence-electron chi connectivity index (χ3n) is 4.36. The molecular formula is C18H9ClF7N3O3. The molecule has 0 aliphatic carbocycles. The van der Waals surface area contributed by atoms with E-state index in [0.29, 0.717) is 18.2 Å². The summed E-state index contributed by atoms with van der Waals surface area (Å²) in [6.07, 6.45) is -10.5. The van der Waals surface area contributed by atoms with Crippen LogP contribution in [-0.4, -0.2) is 29.7 Å². The summed E-state index contributed by atoms with van der Waals surface area (Å²) >= 11 is 5.54. The Morgan fingerprint density at radius 1 is 1.03 bits per heavy atom. The molecular weight excluding hydrogens is 475 g/mol. The topological polar surface area (TPSA) is 78.5 Å². The highest BCUT2D eigenvalue weighted by molar-refractivity contribution is 6.31. The molecule has 1 saturated heterocycles. The SMILES string of the molecule is O=C(NC1(C(F)(F)F)NC(=O)N(c2ccc(F)c(Cl)c2)C1=O)c1cccc(C(F)(F)F)c1. The van der Waals surface area contributed by atoms with E-state index in [-0.39, 0.29) is 11.0 Å². The van der Waals surface area contributed by atoms with E-state index in [4.69, 9.17) is 11.6 Å². The Labute approximate surface area is 178 Å². The fourth-order valence-electron chi connectivity index (χ4n) is 2.82. The predicted octanol–water partition coefficient (Wildman–Crippen LogP) is 4.24. The van der Waals surface area contributed by atoms with Crippen LogP contribution in [0.1, 0.15) is 15.9 Å². The van der Waals surface area contributed by atoms with Crippen LogP contribution >= 0.6 is 11.6 Å². The Hall–Kier alpha value is -3.35. The number of anilines is 1. The van der Waals surface area contributed by atoms with Crippen LogP contribution in [-0.2, 0) is 11.0 Å². The number of carbonyl (C=O) groups excluding carboxylic acids is 3. The third kappa shape index (κ3) is 3.95. The number of halogens is 8. The van der Waals surface area contributed by atoms with Gasteiger partial charge in [-0.3, -0.25) is 14.9 Å². The maximum absolute atomic E-state index is 13.9. The van der Waals surface area contributed by atoms with Crippen molar-refractivity contribution in [3.63, 3.8) is 0 Å². The molecule has 4 amide bonds. The second-order valence-electron chi connectivity index (χ2n) is 6.45. The molecule has 0 spiro atoms. The number of carbonyl (C=O) groups is 3. The van der Waals surface area contributed by atoms with Gasteiger partial charge in [0.1, 0.15) is 5.82 Å². The maximum Gasteiger partial charge on any atom is 0.440 e. The van der Waals surface area contributed by atoms with Crippen LogP contribution in [0, 0.1) is 5.82 Å². The van der Waals surface area contributed by atoms with Crippen molar-refractivity contribution in [1.82, 2.24) is 10.6 Å². The van der Waals surface area contributed by atoms with Crippen LogP contribution in [0.15, 0.2) is 42.5 Å². The van der Waals surface area contributed by atoms with Gasteiger partial charge < -0.3 is 5.32 Å². The van der Waals surface area contributed by atoms with Crippen molar-refractivity contribution in [3.05, 3.63) is 64.4 Å². The average molecular weight is 484 g/mol. The lowest BCUT2D eigenvalue weighted by atomic mass is 10.1. The molecule has 0 saturated carbocycles. The fraction of sp³-hybridized carbons (Fsp3) is 0.167. The first-order valence-corrected chi connectivity index (χ1v) is 8.73. The molecule has 6 nitrogen and oxygen atoms in total. The van der Waals surface area contributed by atoms with Gasteiger partial charge in [-0.05, 0) is 36.4 Å². The largest absolute Gasteiger partial charge is 0.440 e. The zero-order valence-corrected chi connectivity index (χ0v) is 16.0. The van der Waals surface area contributed by atoms with E-state index >= 15 is 0 Å². The van der Waals surface area contributed by atoms with E-state index in [1.807, 2.05) is 0 Å². The molecule has 1 aliphatic rings. The van der Waals surface area contributed by atoms with Crippen LogP contribution in [0.3, 0.4) is 0 Å². The highest BCUT2D eigenvalue weighted by atomic mass is 35.5. The number of nitrogens with zero attached hydrogens (tertiary/aromatic N) is 1. The number of imide groups is 1. The molecule has 0 bridgehead atoms. The van der Waals surface area contributed by atoms with Crippen LogP contribution in [0.5, 0.6) is 0 Å². The monoisotopic (exact) mass is 483 g/mol. The lowest BCUT2D eigenvalue weighted by Gasteiger charge is -2.30. The van der Waals surface area contributed by atoms with Crippen LogP contribution in [0.4, 0.5) is 41.2 Å². The Bertz CT molecular complexity index is 1120. The van der Waals surface area contributed by atoms with Gasteiger partial charge in [-0.2, -0.15) is 26.3 Å². The van der Waals surface area contributed by atoms with Gasteiger partial charge in [0.05, 0.1) is 16.3 Å². The molecule has 3 rings (SSSR count). The van der Waals surface area contributed by atoms with E-state index in [1.54, 1.807) is 0 Å². The maximum atomic E-state index is 13.9. The first-order valence-electron chi connectivity index (χ1n) is 8.35. The molecule has 1 heterocycles. The summed E-state index contributed by atoms with van der Waals surface area (Å²) in [5, 5.41) is 1.97. The van der Waals surface area contributed by atoms with Gasteiger partial charge in [-0.15, -0.1) is 0 Å². The van der Waals surface area contributed by atoms with E-state index < -0.39 is 63.5 Å². The quantitative estimate of drug-likeness (QED) is 0.506. The molecule has 14 heteroatoms. The molecule has 1 aliphatic heterocycles. The summed E-state index contributed by atoms with van der Waals surface area (Å²) in [4.78, 5) is 37.2. The number of hydrogen-bond acceptors (Lipinski definition) is 3. The summed E-state index contributed by atoms with van der Waals surface area (Å²) in [7, 11) is 0. The first-order chi connectivity index (χ1) is 14.7. The zero-order valence-electron chi connectivity index (χ0n) is 15.2. The summed E-state index contributed by atoms with van der Waals surface area (Å²) in [6, 6.07) is 2.96. The molecule has 32 heavy (non-hydrogen) atoms. The minimum atomic E-state index is -5.62. The zero-order chi connectivity index (χ0) is 24.1. The molecule has 2 aromatic rings. The minimum absolute atomic E-state index is 0.0365. The summed E-state index contributed by atoms with van der Waals surface area (Å²) < 4.78 is 93.5. The van der Waals surface area contributed by atoms with Crippen LogP contribution < -0.4 is 15.5 Å². The van der Waals surface area contributed by atoms with Crippen molar-refractivity contribution in [1.29, 1.82) is 0 Å². The highest BCUT2D eigenvalue weighted by Crippen LogP contribution is 2.37. The Morgan fingerprint density at radius 3 is 2.25 bits per heavy atom. The van der Waals surface area contributed by atoms with Crippen molar-refractivity contribution in [3.8, 4) is 0 Å². The minimum Gasteiger partial charge on any atom is -0.314 e. The normalized spacial score (nSPS) is 19.2. The van der Waals surface area contributed by atoms with Crippen LogP contribution in [0.2, 0.25) is 5.02 Å². The smallest absolute Gasteiger partial charge is 0.314 e. The van der Waals surface area contributed by atoms with Crippen LogP contribution in [0.25, 0.3) is 0 Å². The lowest BCUT2D eigenvalue weighted by Crippen LogP contribution is -2.69. The van der Waals surface area contributed by atoms with E-state index in [0.717, 1.165) is 18.2 Å². The Morgan fingerprint density at radius 2 is 1.69 bits per heavy atom. The summed E-state index contributed by atoms with van der Waals surface area (Å²) in [5.41, 5.74) is -6.72. The van der Waals surface area contributed by atoms with Gasteiger partial charge in [-0.1, -0.05) is 17.7 Å². The molecule has 170 valence electrons. The molecule has 0 radical (unpaired) electrons. The third-order valence-corrected chi connectivity index (χ3v) is 4.65. The lowest BCUT2D eigenvalue weighted by molar-refractivity contribution is -0.197. The highest BCUT2D eigenvalue weighted by Gasteiger charge is 2.69. The standard InChI is InChI=1S/C18H9ClF7N3O3/c19-11-7-10(4-5-12(11)20)29-14(31)16(18(24,25)26,28-15(29)32)27-13(30)8-2-1-3-9(6-8)17(21,22)23/h1-7H,(H,27,30)(H,28,32). The van der Waals surface area contributed by atoms with Gasteiger partial charge in [0.2, 0.25) is 0 Å². The van der Waals surface area contributed by atoms with Crippen molar-refractivity contribution in [2.45, 2.75) is 18.0 Å². The second kappa shape index (κ2) is 7.65. The summed E-state index contributed by atoms with van der Waals surface area (Å²) in [5.74, 6) is -4.73. The molecule has 1 atom stereocenters. The van der Waals surface area contributed by atoms with Crippen molar-refractivity contribution < 1.29 is 45.1 Å². The van der Waals surface area contributed by atoms with Gasteiger partial charge in [0.25, 0.3) is 17.5 Å². The van der Waals surface area contributed by atoms with E-state index in [1.165, 1.54) is 10.6 Å². The van der Waals surface area contributed by atoms with Gasteiger partial charge in [-0.25, -0.2) is 14.1 Å². The van der Waals surface area contributed by atoms with Gasteiger partial charge in [0.15, 0.2) is 0 Å². The van der Waals surface area contributed by atoms with Crippen molar-refractivity contribution >= 4 is 35.1 Å².